The van der Waals surface area contributed by atoms with E-state index in [0.29, 0.717) is 29.3 Å². The number of fused-ring (bicyclic) bond motifs is 1. The third kappa shape index (κ3) is 4.34. The number of aromatic hydroxyl groups is 1. The lowest BCUT2D eigenvalue weighted by Crippen LogP contribution is -2.28. The fourth-order valence-electron chi connectivity index (χ4n) is 2.64. The maximum atomic E-state index is 10.3. The number of nitrogens with two attached hydrogens (primary N) is 1. The van der Waals surface area contributed by atoms with Crippen LogP contribution in [0.3, 0.4) is 0 Å². The first-order valence-electron chi connectivity index (χ1n) is 8.81. The van der Waals surface area contributed by atoms with Crippen LogP contribution in [0.25, 0.3) is 22.3 Å². The number of aliphatic hydroxyl groups is 1. The predicted octanol–water partition coefficient (Wildman–Crippen LogP) is 2.50. The van der Waals surface area contributed by atoms with E-state index in [1.54, 1.807) is 18.2 Å². The van der Waals surface area contributed by atoms with Crippen molar-refractivity contribution in [1.29, 1.82) is 0 Å². The van der Waals surface area contributed by atoms with Crippen LogP contribution in [0.2, 0.25) is 0 Å². The van der Waals surface area contributed by atoms with Gasteiger partial charge in [0.2, 0.25) is 0 Å². The summed E-state index contributed by atoms with van der Waals surface area (Å²) in [6.07, 6.45) is 0.856. The smallest absolute Gasteiger partial charge is 0.165 e. The topological polar surface area (TPSA) is 104 Å². The molecule has 6 nitrogen and oxygen atoms in total. The Balaban J connectivity index is 2.09. The van der Waals surface area contributed by atoms with Gasteiger partial charge < -0.3 is 21.3 Å². The van der Waals surface area contributed by atoms with Crippen LogP contribution in [0.4, 0.5) is 5.82 Å². The molecule has 27 heavy (non-hydrogen) atoms. The molecule has 1 unspecified atom stereocenters. The zero-order valence-electron chi connectivity index (χ0n) is 15.1. The maximum Gasteiger partial charge on any atom is 0.165 e. The summed E-state index contributed by atoms with van der Waals surface area (Å²) in [5.74, 6) is 6.56. The Morgan fingerprint density at radius 2 is 2.00 bits per heavy atom. The van der Waals surface area contributed by atoms with Crippen LogP contribution in [-0.2, 0) is 0 Å². The second-order valence-corrected chi connectivity index (χ2v) is 6.15. The van der Waals surface area contributed by atoms with Crippen LogP contribution in [-0.4, -0.2) is 39.4 Å². The molecule has 3 aromatic rings. The van der Waals surface area contributed by atoms with Gasteiger partial charge in [0.15, 0.2) is 5.82 Å². The number of rotatable bonds is 5. The summed E-state index contributed by atoms with van der Waals surface area (Å²) < 4.78 is 0. The lowest BCUT2D eigenvalue weighted by atomic mass is 10.1. The molecule has 3 rings (SSSR count). The van der Waals surface area contributed by atoms with E-state index in [-0.39, 0.29) is 18.4 Å². The van der Waals surface area contributed by atoms with Crippen molar-refractivity contribution in [2.45, 2.75) is 19.4 Å². The number of benzene rings is 2. The van der Waals surface area contributed by atoms with Gasteiger partial charge >= 0.3 is 0 Å². The van der Waals surface area contributed by atoms with Crippen molar-refractivity contribution in [1.82, 2.24) is 9.97 Å². The van der Waals surface area contributed by atoms with E-state index in [1.165, 1.54) is 0 Å². The number of para-hydroxylation sites is 1. The molecule has 1 aromatic heterocycles. The number of phenolic OH excluding ortho intramolecular Hbond substituents is 1. The minimum absolute atomic E-state index is 0.0210. The summed E-state index contributed by atoms with van der Waals surface area (Å²) in [4.78, 5) is 9.22. The van der Waals surface area contributed by atoms with Gasteiger partial charge in [-0.3, -0.25) is 0 Å². The summed E-state index contributed by atoms with van der Waals surface area (Å²) in [6, 6.07) is 12.6. The average Bonchev–Trinajstić information content (AvgIpc) is 2.70. The Morgan fingerprint density at radius 3 is 2.78 bits per heavy atom. The predicted molar refractivity (Wildman–Crippen MR) is 107 cm³/mol. The van der Waals surface area contributed by atoms with Gasteiger partial charge in [-0.05, 0) is 36.8 Å². The normalized spacial score (nSPS) is 11.7. The highest BCUT2D eigenvalue weighted by Crippen LogP contribution is 2.31. The van der Waals surface area contributed by atoms with Crippen molar-refractivity contribution in [3.63, 3.8) is 0 Å². The number of anilines is 1. The minimum Gasteiger partial charge on any atom is -0.507 e. The fraction of sp³-hybridized carbons (Fsp3) is 0.238. The van der Waals surface area contributed by atoms with Crippen LogP contribution >= 0.6 is 0 Å². The van der Waals surface area contributed by atoms with Crippen LogP contribution in [0.15, 0.2) is 42.5 Å². The molecular formula is C21H22N4O2. The summed E-state index contributed by atoms with van der Waals surface area (Å²) in [6.45, 7) is 2.40. The molecular weight excluding hydrogens is 340 g/mol. The third-order valence-corrected chi connectivity index (χ3v) is 4.21. The van der Waals surface area contributed by atoms with E-state index < -0.39 is 0 Å². The first kappa shape index (κ1) is 18.6. The lowest BCUT2D eigenvalue weighted by Gasteiger charge is -2.14. The highest BCUT2D eigenvalue weighted by molar-refractivity contribution is 5.91. The Bertz CT molecular complexity index is 1010. The van der Waals surface area contributed by atoms with Crippen molar-refractivity contribution >= 4 is 16.7 Å². The molecule has 0 spiro atoms. The molecule has 0 fully saturated rings. The SMILES string of the molecule is CCC(N)CNc1nc(-c2cc(C#CCO)ccc2O)nc2ccccc12. The minimum atomic E-state index is -0.228. The number of nitrogens with one attached hydrogen (secondary N) is 1. The van der Waals surface area contributed by atoms with Gasteiger partial charge in [0.05, 0.1) is 11.1 Å². The summed E-state index contributed by atoms with van der Waals surface area (Å²) in [5.41, 5.74) is 7.93. The molecule has 1 heterocycles. The van der Waals surface area contributed by atoms with Crippen LogP contribution in [0.1, 0.15) is 18.9 Å². The van der Waals surface area contributed by atoms with Crippen molar-refractivity contribution in [3.8, 4) is 29.0 Å². The van der Waals surface area contributed by atoms with E-state index in [2.05, 4.69) is 27.1 Å². The molecule has 138 valence electrons. The monoisotopic (exact) mass is 362 g/mol. The molecule has 5 N–H and O–H groups in total. The zero-order valence-corrected chi connectivity index (χ0v) is 15.1. The first-order chi connectivity index (χ1) is 13.1. The molecule has 2 aromatic carbocycles. The van der Waals surface area contributed by atoms with E-state index in [4.69, 9.17) is 10.8 Å². The van der Waals surface area contributed by atoms with Crippen LogP contribution in [0, 0.1) is 11.8 Å². The molecule has 0 amide bonds. The standard InChI is InChI=1S/C21H22N4O2/c1-2-15(22)13-23-20-16-7-3-4-8-18(16)24-21(25-20)17-12-14(6-5-11-26)9-10-19(17)27/h3-4,7-10,12,15,26-27H,2,11,13,22H2,1H3,(H,23,24,25). The molecule has 6 heteroatoms. The molecule has 0 aliphatic carbocycles. The van der Waals surface area contributed by atoms with Crippen LogP contribution in [0.5, 0.6) is 5.75 Å². The zero-order chi connectivity index (χ0) is 19.2. The molecule has 0 bridgehead atoms. The van der Waals surface area contributed by atoms with Gasteiger partial charge in [0.1, 0.15) is 18.2 Å². The van der Waals surface area contributed by atoms with Gasteiger partial charge in [-0.25, -0.2) is 9.97 Å². The van der Waals surface area contributed by atoms with Gasteiger partial charge in [0.25, 0.3) is 0 Å². The van der Waals surface area contributed by atoms with Crippen LogP contribution < -0.4 is 11.1 Å². The number of phenols is 1. The van der Waals surface area contributed by atoms with Gasteiger partial charge in [0, 0.05) is 23.5 Å². The quantitative estimate of drug-likeness (QED) is 0.520. The maximum absolute atomic E-state index is 10.3. The molecule has 0 aliphatic rings. The Hall–Kier alpha value is -3.14. The molecule has 0 saturated carbocycles. The highest BCUT2D eigenvalue weighted by Gasteiger charge is 2.13. The number of hydrogen-bond acceptors (Lipinski definition) is 6. The Kier molecular flexibility index (Phi) is 5.87. The second kappa shape index (κ2) is 8.49. The van der Waals surface area contributed by atoms with Gasteiger partial charge in [-0.1, -0.05) is 30.9 Å². The van der Waals surface area contributed by atoms with E-state index in [0.717, 1.165) is 17.3 Å². The lowest BCUT2D eigenvalue weighted by molar-refractivity contribution is 0.350. The largest absolute Gasteiger partial charge is 0.507 e. The molecule has 1 atom stereocenters. The van der Waals surface area contributed by atoms with Crippen molar-refractivity contribution in [2.75, 3.05) is 18.5 Å². The number of aromatic nitrogens is 2. The average molecular weight is 362 g/mol. The third-order valence-electron chi connectivity index (χ3n) is 4.21. The molecule has 0 aliphatic heterocycles. The van der Waals surface area contributed by atoms with E-state index in [1.807, 2.05) is 31.2 Å². The van der Waals surface area contributed by atoms with E-state index in [9.17, 15) is 5.11 Å². The highest BCUT2D eigenvalue weighted by atomic mass is 16.3. The summed E-state index contributed by atoms with van der Waals surface area (Å²) >= 11 is 0. The summed E-state index contributed by atoms with van der Waals surface area (Å²) in [5, 5.41) is 23.4. The second-order valence-electron chi connectivity index (χ2n) is 6.15. The Labute approximate surface area is 158 Å². The molecule has 0 saturated heterocycles. The molecule has 0 radical (unpaired) electrons. The number of aliphatic hydroxyl groups excluding tert-OH is 1. The van der Waals surface area contributed by atoms with Crippen molar-refractivity contribution in [3.05, 3.63) is 48.0 Å². The first-order valence-corrected chi connectivity index (χ1v) is 8.81. The van der Waals surface area contributed by atoms with Gasteiger partial charge in [-0.2, -0.15) is 0 Å². The number of hydrogen-bond donors (Lipinski definition) is 4. The van der Waals surface area contributed by atoms with Crippen molar-refractivity contribution in [2.24, 2.45) is 5.73 Å². The Morgan fingerprint density at radius 1 is 1.19 bits per heavy atom. The van der Waals surface area contributed by atoms with Crippen molar-refractivity contribution < 1.29 is 10.2 Å². The van der Waals surface area contributed by atoms with E-state index >= 15 is 0 Å². The van der Waals surface area contributed by atoms with Gasteiger partial charge in [-0.15, -0.1) is 0 Å². The fourth-order valence-corrected chi connectivity index (χ4v) is 2.64. The summed E-state index contributed by atoms with van der Waals surface area (Å²) in [7, 11) is 0. The number of nitrogens with zero attached hydrogens (tertiary/aromatic N) is 2.